The van der Waals surface area contributed by atoms with E-state index in [1.807, 2.05) is 20.8 Å². The van der Waals surface area contributed by atoms with E-state index >= 15 is 0 Å². The van der Waals surface area contributed by atoms with Crippen molar-refractivity contribution >= 4 is 11.9 Å². The highest BCUT2D eigenvalue weighted by Gasteiger charge is 2.34. The molecule has 24 heavy (non-hydrogen) atoms. The van der Waals surface area contributed by atoms with Gasteiger partial charge in [-0.05, 0) is 65.2 Å². The van der Waals surface area contributed by atoms with Crippen LogP contribution in [0.5, 0.6) is 0 Å². The summed E-state index contributed by atoms with van der Waals surface area (Å²) in [5.41, 5.74) is -0.292. The van der Waals surface area contributed by atoms with Gasteiger partial charge in [-0.2, -0.15) is 0 Å². The van der Waals surface area contributed by atoms with Crippen molar-refractivity contribution in [3.05, 3.63) is 0 Å². The predicted molar refractivity (Wildman–Crippen MR) is 96.7 cm³/mol. The lowest BCUT2D eigenvalue weighted by atomic mass is 9.86. The number of hydrogen-bond donors (Lipinski definition) is 3. The van der Waals surface area contributed by atoms with Crippen LogP contribution in [0.4, 0.5) is 4.79 Å². The van der Waals surface area contributed by atoms with Gasteiger partial charge < -0.3 is 16.0 Å². The summed E-state index contributed by atoms with van der Waals surface area (Å²) in [7, 11) is 0. The second kappa shape index (κ2) is 8.21. The van der Waals surface area contributed by atoms with Gasteiger partial charge >= 0.3 is 6.03 Å². The molecular formula is C19H35N3O2. The highest BCUT2D eigenvalue weighted by Crippen LogP contribution is 2.37. The molecule has 0 heterocycles. The molecule has 5 heteroatoms. The Morgan fingerprint density at radius 1 is 0.875 bits per heavy atom. The molecule has 0 aromatic heterocycles. The van der Waals surface area contributed by atoms with E-state index in [0.717, 1.165) is 0 Å². The first-order valence-corrected chi connectivity index (χ1v) is 9.65. The van der Waals surface area contributed by atoms with Gasteiger partial charge in [0.25, 0.3) is 0 Å². The first-order valence-electron chi connectivity index (χ1n) is 9.65. The van der Waals surface area contributed by atoms with E-state index in [4.69, 9.17) is 0 Å². The van der Waals surface area contributed by atoms with Crippen LogP contribution >= 0.6 is 0 Å². The van der Waals surface area contributed by atoms with Crippen molar-refractivity contribution in [2.45, 2.75) is 96.7 Å². The van der Waals surface area contributed by atoms with Crippen molar-refractivity contribution in [3.8, 4) is 0 Å². The number of amides is 3. The van der Waals surface area contributed by atoms with Crippen LogP contribution in [-0.4, -0.2) is 29.6 Å². The van der Waals surface area contributed by atoms with E-state index in [1.54, 1.807) is 6.92 Å². The highest BCUT2D eigenvalue weighted by molar-refractivity contribution is 5.87. The fraction of sp³-hybridized carbons (Fsp3) is 0.895. The van der Waals surface area contributed by atoms with Crippen LogP contribution in [0.25, 0.3) is 0 Å². The average Bonchev–Trinajstić information content (AvgIpc) is 3.16. The molecule has 0 aromatic carbocycles. The van der Waals surface area contributed by atoms with E-state index in [2.05, 4.69) is 16.0 Å². The van der Waals surface area contributed by atoms with Crippen LogP contribution in [-0.2, 0) is 4.79 Å². The summed E-state index contributed by atoms with van der Waals surface area (Å²) >= 11 is 0. The topological polar surface area (TPSA) is 70.2 Å². The fourth-order valence-electron chi connectivity index (χ4n) is 4.19. The predicted octanol–water partition coefficient (Wildman–Crippen LogP) is 3.34. The zero-order valence-corrected chi connectivity index (χ0v) is 15.8. The Morgan fingerprint density at radius 2 is 1.33 bits per heavy atom. The molecular weight excluding hydrogens is 302 g/mol. The number of nitrogens with one attached hydrogen (secondary N) is 3. The van der Waals surface area contributed by atoms with Crippen molar-refractivity contribution in [2.24, 2.45) is 11.8 Å². The average molecular weight is 338 g/mol. The molecule has 138 valence electrons. The van der Waals surface area contributed by atoms with Crippen LogP contribution in [0.2, 0.25) is 0 Å². The Balaban J connectivity index is 1.88. The summed E-state index contributed by atoms with van der Waals surface area (Å²) < 4.78 is 0. The normalized spacial score (nSPS) is 21.0. The largest absolute Gasteiger partial charge is 0.350 e. The summed E-state index contributed by atoms with van der Waals surface area (Å²) in [6.45, 7) is 7.55. The molecule has 0 bridgehead atoms. The lowest BCUT2D eigenvalue weighted by Gasteiger charge is -2.31. The molecule has 3 amide bonds. The van der Waals surface area contributed by atoms with Gasteiger partial charge in [0.1, 0.15) is 6.04 Å². The Hall–Kier alpha value is -1.26. The zero-order valence-electron chi connectivity index (χ0n) is 15.8. The van der Waals surface area contributed by atoms with Gasteiger partial charge in [0.2, 0.25) is 5.91 Å². The summed E-state index contributed by atoms with van der Waals surface area (Å²) in [6.07, 6.45) is 10.0. The highest BCUT2D eigenvalue weighted by atomic mass is 16.2. The van der Waals surface area contributed by atoms with Crippen LogP contribution in [0.15, 0.2) is 0 Å². The van der Waals surface area contributed by atoms with Crippen LogP contribution in [0.3, 0.4) is 0 Å². The van der Waals surface area contributed by atoms with Gasteiger partial charge in [0, 0.05) is 11.6 Å². The van der Waals surface area contributed by atoms with Crippen molar-refractivity contribution in [1.82, 2.24) is 16.0 Å². The minimum absolute atomic E-state index is 0.143. The van der Waals surface area contributed by atoms with Crippen LogP contribution in [0.1, 0.15) is 79.1 Å². The molecule has 2 aliphatic rings. The first-order chi connectivity index (χ1) is 11.3. The molecule has 0 spiro atoms. The minimum atomic E-state index is -0.531. The quantitative estimate of drug-likeness (QED) is 0.720. The lowest BCUT2D eigenvalue weighted by molar-refractivity contribution is -0.123. The number of hydrogen-bond acceptors (Lipinski definition) is 2. The number of urea groups is 1. The lowest BCUT2D eigenvalue weighted by Crippen LogP contribution is -2.55. The minimum Gasteiger partial charge on any atom is -0.350 e. The summed E-state index contributed by atoms with van der Waals surface area (Å²) in [5, 5.41) is 8.94. The first kappa shape index (κ1) is 19.1. The molecule has 2 fully saturated rings. The Bertz CT molecular complexity index is 416. The molecule has 2 aliphatic carbocycles. The number of carbonyl (C=O) groups excluding carboxylic acids is 2. The van der Waals surface area contributed by atoms with Gasteiger partial charge in [-0.25, -0.2) is 4.79 Å². The molecule has 0 aliphatic heterocycles. The zero-order chi connectivity index (χ0) is 17.7. The molecule has 1 unspecified atom stereocenters. The Labute approximate surface area is 146 Å². The Morgan fingerprint density at radius 3 is 1.75 bits per heavy atom. The van der Waals surface area contributed by atoms with Crippen molar-refractivity contribution in [2.75, 3.05) is 0 Å². The van der Waals surface area contributed by atoms with Crippen molar-refractivity contribution in [3.63, 3.8) is 0 Å². The van der Waals surface area contributed by atoms with Crippen LogP contribution < -0.4 is 16.0 Å². The number of rotatable bonds is 5. The van der Waals surface area contributed by atoms with Crippen LogP contribution in [0, 0.1) is 11.8 Å². The number of carbonyl (C=O) groups is 2. The van der Waals surface area contributed by atoms with E-state index in [0.29, 0.717) is 11.8 Å². The molecule has 2 rings (SSSR count). The monoisotopic (exact) mass is 337 g/mol. The molecule has 1 atom stereocenters. The molecule has 0 aromatic rings. The maximum absolute atomic E-state index is 12.4. The molecule has 0 radical (unpaired) electrons. The van der Waals surface area contributed by atoms with Gasteiger partial charge in [-0.15, -0.1) is 0 Å². The van der Waals surface area contributed by atoms with Crippen molar-refractivity contribution in [1.29, 1.82) is 0 Å². The molecule has 5 nitrogen and oxygen atoms in total. The maximum Gasteiger partial charge on any atom is 0.315 e. The summed E-state index contributed by atoms with van der Waals surface area (Å²) in [6, 6.07) is -0.458. The third-order valence-electron chi connectivity index (χ3n) is 5.35. The van der Waals surface area contributed by atoms with Gasteiger partial charge in [0.05, 0.1) is 0 Å². The van der Waals surface area contributed by atoms with Gasteiger partial charge in [-0.1, -0.05) is 25.7 Å². The van der Waals surface area contributed by atoms with Crippen molar-refractivity contribution < 1.29 is 9.59 Å². The second-order valence-electron chi connectivity index (χ2n) is 8.69. The fourth-order valence-corrected chi connectivity index (χ4v) is 4.19. The van der Waals surface area contributed by atoms with E-state index < -0.39 is 6.04 Å². The standard InChI is InChI=1S/C19H35N3O2/c1-13(17(23)22-19(2,3)4)20-18(24)21-16(14-9-5-6-10-14)15-11-7-8-12-15/h13-16H,5-12H2,1-4H3,(H,22,23)(H2,20,21,24). The molecule has 3 N–H and O–H groups in total. The van der Waals surface area contributed by atoms with E-state index in [9.17, 15) is 9.59 Å². The van der Waals surface area contributed by atoms with E-state index in [-0.39, 0.29) is 23.5 Å². The SMILES string of the molecule is CC(NC(=O)NC(C1CCCC1)C1CCCC1)C(=O)NC(C)(C)C. The van der Waals surface area contributed by atoms with E-state index in [1.165, 1.54) is 51.4 Å². The van der Waals surface area contributed by atoms with Gasteiger partial charge in [0.15, 0.2) is 0 Å². The molecule has 0 saturated heterocycles. The third-order valence-corrected chi connectivity index (χ3v) is 5.35. The summed E-state index contributed by atoms with van der Waals surface area (Å²) in [4.78, 5) is 24.6. The maximum atomic E-state index is 12.4. The third kappa shape index (κ3) is 5.67. The Kier molecular flexibility index (Phi) is 6.53. The smallest absolute Gasteiger partial charge is 0.315 e. The van der Waals surface area contributed by atoms with Gasteiger partial charge in [-0.3, -0.25) is 4.79 Å². The summed E-state index contributed by atoms with van der Waals surface area (Å²) in [5.74, 6) is 1.08. The second-order valence-corrected chi connectivity index (χ2v) is 8.69. The molecule has 2 saturated carbocycles.